The summed E-state index contributed by atoms with van der Waals surface area (Å²) in [6.45, 7) is 1.28. The standard InChI is InChI=1S/C16H15Cl2NO3/c17-12-5-3-10(8-13(12)18)15-6-4-11(22-15)9-19-7-1-2-14(19)16(20)21/h3-6,8,14H,1-2,7,9H2,(H,20,21)/t14-/m1/s1. The van der Waals surface area contributed by atoms with Crippen molar-refractivity contribution in [2.45, 2.75) is 25.4 Å². The Morgan fingerprint density at radius 2 is 2.09 bits per heavy atom. The highest BCUT2D eigenvalue weighted by Gasteiger charge is 2.30. The fourth-order valence-electron chi connectivity index (χ4n) is 2.76. The molecule has 6 heteroatoms. The Hall–Kier alpha value is -1.49. The summed E-state index contributed by atoms with van der Waals surface area (Å²) in [7, 11) is 0. The second-order valence-corrected chi connectivity index (χ2v) is 6.18. The zero-order valence-electron chi connectivity index (χ0n) is 11.8. The van der Waals surface area contributed by atoms with Crippen molar-refractivity contribution in [3.63, 3.8) is 0 Å². The normalized spacial score (nSPS) is 18.7. The topological polar surface area (TPSA) is 53.7 Å². The van der Waals surface area contributed by atoms with E-state index in [1.54, 1.807) is 12.1 Å². The number of halogens is 2. The number of hydrogen-bond acceptors (Lipinski definition) is 3. The van der Waals surface area contributed by atoms with Gasteiger partial charge in [-0.3, -0.25) is 9.69 Å². The zero-order valence-corrected chi connectivity index (χ0v) is 13.3. The molecule has 0 aliphatic carbocycles. The van der Waals surface area contributed by atoms with Crippen molar-refractivity contribution in [3.05, 3.63) is 46.1 Å². The Morgan fingerprint density at radius 3 is 2.82 bits per heavy atom. The molecule has 2 aromatic rings. The molecule has 0 radical (unpaired) electrons. The minimum Gasteiger partial charge on any atom is -0.480 e. The molecule has 4 nitrogen and oxygen atoms in total. The number of aliphatic carboxylic acids is 1. The van der Waals surface area contributed by atoms with Gasteiger partial charge in [-0.05, 0) is 49.7 Å². The van der Waals surface area contributed by atoms with E-state index >= 15 is 0 Å². The number of carboxylic acids is 1. The third kappa shape index (κ3) is 3.14. The molecule has 0 saturated carbocycles. The molecule has 116 valence electrons. The first-order valence-electron chi connectivity index (χ1n) is 7.05. The van der Waals surface area contributed by atoms with E-state index in [4.69, 9.17) is 27.6 Å². The van der Waals surface area contributed by atoms with E-state index < -0.39 is 12.0 Å². The van der Waals surface area contributed by atoms with Crippen LogP contribution in [0.25, 0.3) is 11.3 Å². The van der Waals surface area contributed by atoms with Gasteiger partial charge in [0.1, 0.15) is 17.6 Å². The molecule has 1 N–H and O–H groups in total. The highest BCUT2D eigenvalue weighted by Crippen LogP contribution is 2.30. The van der Waals surface area contributed by atoms with Crippen molar-refractivity contribution in [2.24, 2.45) is 0 Å². The highest BCUT2D eigenvalue weighted by molar-refractivity contribution is 6.42. The minimum atomic E-state index is -0.770. The molecule has 3 rings (SSSR count). The largest absolute Gasteiger partial charge is 0.480 e. The first kappa shape index (κ1) is 15.4. The summed E-state index contributed by atoms with van der Waals surface area (Å²) < 4.78 is 5.82. The summed E-state index contributed by atoms with van der Waals surface area (Å²) in [6.07, 6.45) is 1.59. The van der Waals surface area contributed by atoms with Crippen LogP contribution in [-0.4, -0.2) is 28.6 Å². The Labute approximate surface area is 138 Å². The van der Waals surface area contributed by atoms with Crippen LogP contribution in [-0.2, 0) is 11.3 Å². The first-order valence-corrected chi connectivity index (χ1v) is 7.81. The van der Waals surface area contributed by atoms with E-state index in [1.807, 2.05) is 23.1 Å². The molecular weight excluding hydrogens is 325 g/mol. The van der Waals surface area contributed by atoms with Gasteiger partial charge >= 0.3 is 5.97 Å². The molecule has 1 fully saturated rings. The van der Waals surface area contributed by atoms with Gasteiger partial charge in [-0.25, -0.2) is 0 Å². The number of furan rings is 1. The molecule has 0 amide bonds. The van der Waals surface area contributed by atoms with Crippen LogP contribution in [0, 0.1) is 0 Å². The number of benzene rings is 1. The van der Waals surface area contributed by atoms with Gasteiger partial charge in [0.2, 0.25) is 0 Å². The van der Waals surface area contributed by atoms with E-state index in [2.05, 4.69) is 0 Å². The molecule has 1 aromatic carbocycles. The van der Waals surface area contributed by atoms with Crippen LogP contribution in [0.4, 0.5) is 0 Å². The van der Waals surface area contributed by atoms with Crippen LogP contribution in [0.15, 0.2) is 34.7 Å². The first-order chi connectivity index (χ1) is 10.5. The lowest BCUT2D eigenvalue weighted by atomic mass is 10.2. The maximum atomic E-state index is 11.2. The molecule has 0 unspecified atom stereocenters. The van der Waals surface area contributed by atoms with Crippen LogP contribution in [0.5, 0.6) is 0 Å². The number of nitrogens with zero attached hydrogens (tertiary/aromatic N) is 1. The molecule has 1 aromatic heterocycles. The minimum absolute atomic E-state index is 0.418. The van der Waals surface area contributed by atoms with Crippen molar-refractivity contribution in [2.75, 3.05) is 6.54 Å². The quantitative estimate of drug-likeness (QED) is 0.901. The molecule has 1 atom stereocenters. The molecule has 0 bridgehead atoms. The molecule has 22 heavy (non-hydrogen) atoms. The fourth-order valence-corrected chi connectivity index (χ4v) is 3.06. The second-order valence-electron chi connectivity index (χ2n) is 5.36. The van der Waals surface area contributed by atoms with Crippen molar-refractivity contribution in [1.82, 2.24) is 4.90 Å². The lowest BCUT2D eigenvalue weighted by Gasteiger charge is -2.19. The third-order valence-electron chi connectivity index (χ3n) is 3.87. The van der Waals surface area contributed by atoms with Crippen molar-refractivity contribution in [3.8, 4) is 11.3 Å². The van der Waals surface area contributed by atoms with Crippen molar-refractivity contribution in [1.29, 1.82) is 0 Å². The predicted octanol–water partition coefficient (Wildman–Crippen LogP) is 4.30. The Bertz CT molecular complexity index is 698. The van der Waals surface area contributed by atoms with Gasteiger partial charge in [-0.2, -0.15) is 0 Å². The summed E-state index contributed by atoms with van der Waals surface area (Å²) in [5.41, 5.74) is 0.844. The zero-order chi connectivity index (χ0) is 15.7. The fraction of sp³-hybridized carbons (Fsp3) is 0.312. The van der Waals surface area contributed by atoms with Crippen LogP contribution in [0.2, 0.25) is 10.0 Å². The summed E-state index contributed by atoms with van der Waals surface area (Å²) in [6, 6.07) is 8.63. The summed E-state index contributed by atoms with van der Waals surface area (Å²) >= 11 is 11.9. The smallest absolute Gasteiger partial charge is 0.320 e. The van der Waals surface area contributed by atoms with E-state index in [9.17, 15) is 9.90 Å². The van der Waals surface area contributed by atoms with Gasteiger partial charge in [0.05, 0.1) is 16.6 Å². The van der Waals surface area contributed by atoms with Crippen LogP contribution < -0.4 is 0 Å². The maximum Gasteiger partial charge on any atom is 0.320 e. The molecule has 1 aliphatic rings. The Kier molecular flexibility index (Phi) is 4.43. The lowest BCUT2D eigenvalue weighted by Crippen LogP contribution is -2.35. The third-order valence-corrected chi connectivity index (χ3v) is 4.61. The monoisotopic (exact) mass is 339 g/mol. The molecule has 0 spiro atoms. The van der Waals surface area contributed by atoms with Gasteiger partial charge in [0.15, 0.2) is 0 Å². The maximum absolute atomic E-state index is 11.2. The van der Waals surface area contributed by atoms with Gasteiger partial charge in [-0.15, -0.1) is 0 Å². The summed E-state index contributed by atoms with van der Waals surface area (Å²) in [4.78, 5) is 13.1. The highest BCUT2D eigenvalue weighted by atomic mass is 35.5. The van der Waals surface area contributed by atoms with E-state index in [1.165, 1.54) is 0 Å². The number of hydrogen-bond donors (Lipinski definition) is 1. The van der Waals surface area contributed by atoms with E-state index in [-0.39, 0.29) is 0 Å². The predicted molar refractivity (Wildman–Crippen MR) is 85.2 cm³/mol. The second kappa shape index (κ2) is 6.32. The lowest BCUT2D eigenvalue weighted by molar-refractivity contribution is -0.142. The Morgan fingerprint density at radius 1 is 1.27 bits per heavy atom. The SMILES string of the molecule is O=C(O)[C@H]1CCCN1Cc1ccc(-c2ccc(Cl)c(Cl)c2)o1. The molecule has 1 saturated heterocycles. The van der Waals surface area contributed by atoms with Gasteiger partial charge in [0.25, 0.3) is 0 Å². The molecule has 2 heterocycles. The van der Waals surface area contributed by atoms with Crippen LogP contribution >= 0.6 is 23.2 Å². The number of likely N-dealkylation sites (tertiary alicyclic amines) is 1. The van der Waals surface area contributed by atoms with Gasteiger partial charge in [-0.1, -0.05) is 23.2 Å². The van der Waals surface area contributed by atoms with Crippen LogP contribution in [0.1, 0.15) is 18.6 Å². The molecule has 1 aliphatic heterocycles. The molecular formula is C16H15Cl2NO3. The summed E-state index contributed by atoms with van der Waals surface area (Å²) in [5, 5.41) is 10.2. The van der Waals surface area contributed by atoms with E-state index in [0.717, 1.165) is 24.3 Å². The Balaban J connectivity index is 1.76. The van der Waals surface area contributed by atoms with Crippen molar-refractivity contribution < 1.29 is 14.3 Å². The number of carbonyl (C=O) groups is 1. The number of rotatable bonds is 4. The van der Waals surface area contributed by atoms with Crippen LogP contribution in [0.3, 0.4) is 0 Å². The van der Waals surface area contributed by atoms with Gasteiger partial charge in [0, 0.05) is 5.56 Å². The van der Waals surface area contributed by atoms with Crippen molar-refractivity contribution >= 4 is 29.2 Å². The van der Waals surface area contributed by atoms with Gasteiger partial charge < -0.3 is 9.52 Å². The average molecular weight is 340 g/mol. The number of carboxylic acid groups (broad SMARTS) is 1. The average Bonchev–Trinajstić information content (AvgIpc) is 3.11. The van der Waals surface area contributed by atoms with E-state index in [0.29, 0.717) is 28.8 Å². The summed E-state index contributed by atoms with van der Waals surface area (Å²) in [5.74, 6) is 0.669.